The minimum absolute atomic E-state index is 0.00719. The van der Waals surface area contributed by atoms with Crippen LogP contribution in [0, 0.1) is 11.2 Å². The second kappa shape index (κ2) is 5.45. The van der Waals surface area contributed by atoms with Crippen LogP contribution in [0.15, 0.2) is 16.6 Å². The van der Waals surface area contributed by atoms with Crippen molar-refractivity contribution < 1.29 is 4.39 Å². The van der Waals surface area contributed by atoms with Gasteiger partial charge in [-0.25, -0.2) is 4.39 Å². The molecule has 1 saturated carbocycles. The lowest BCUT2D eigenvalue weighted by Crippen LogP contribution is -2.39. The number of rotatable bonds is 3. The van der Waals surface area contributed by atoms with Gasteiger partial charge >= 0.3 is 0 Å². The summed E-state index contributed by atoms with van der Waals surface area (Å²) in [7, 11) is 0. The lowest BCUT2D eigenvalue weighted by atomic mass is 9.77. The molecule has 1 fully saturated rings. The molecule has 100 valence electrons. The molecule has 1 aliphatic carbocycles. The molecule has 0 aromatic heterocycles. The number of hydrazine groups is 1. The average molecular weight is 336 g/mol. The fraction of sp³-hybridized carbons (Fsp3) is 0.538. The molecule has 5 heteroatoms. The summed E-state index contributed by atoms with van der Waals surface area (Å²) < 4.78 is 14.8. The quantitative estimate of drug-likeness (QED) is 0.490. The minimum Gasteiger partial charge on any atom is -0.271 e. The summed E-state index contributed by atoms with van der Waals surface area (Å²) in [4.78, 5) is 0. The first-order valence-corrected chi connectivity index (χ1v) is 7.26. The molecule has 18 heavy (non-hydrogen) atoms. The third-order valence-electron chi connectivity index (χ3n) is 3.99. The molecule has 1 atom stereocenters. The fourth-order valence-electron chi connectivity index (χ4n) is 2.90. The smallest absolute Gasteiger partial charge is 0.147 e. The van der Waals surface area contributed by atoms with Crippen LogP contribution in [0.4, 0.5) is 4.39 Å². The molecule has 0 spiro atoms. The number of nitrogens with two attached hydrogens (primary N) is 1. The fourth-order valence-corrected chi connectivity index (χ4v) is 3.38. The van der Waals surface area contributed by atoms with Crippen molar-refractivity contribution in [2.24, 2.45) is 11.3 Å². The van der Waals surface area contributed by atoms with Gasteiger partial charge in [0, 0.05) is 10.0 Å². The van der Waals surface area contributed by atoms with Gasteiger partial charge in [0.2, 0.25) is 0 Å². The largest absolute Gasteiger partial charge is 0.271 e. The first kappa shape index (κ1) is 14.3. The van der Waals surface area contributed by atoms with Crippen molar-refractivity contribution in [3.8, 4) is 0 Å². The van der Waals surface area contributed by atoms with Crippen LogP contribution in [0.2, 0.25) is 5.02 Å². The topological polar surface area (TPSA) is 38.0 Å². The summed E-state index contributed by atoms with van der Waals surface area (Å²) in [5, 5.41) is 0.120. The minimum atomic E-state index is -0.387. The third-order valence-corrected chi connectivity index (χ3v) is 5.24. The van der Waals surface area contributed by atoms with Crippen LogP contribution in [-0.4, -0.2) is 0 Å². The van der Waals surface area contributed by atoms with Crippen LogP contribution in [0.5, 0.6) is 0 Å². The van der Waals surface area contributed by atoms with Crippen LogP contribution in [0.3, 0.4) is 0 Å². The third kappa shape index (κ3) is 2.44. The summed E-state index contributed by atoms with van der Waals surface area (Å²) in [6, 6.07) is 3.31. The van der Waals surface area contributed by atoms with E-state index < -0.39 is 0 Å². The van der Waals surface area contributed by atoms with Gasteiger partial charge < -0.3 is 0 Å². The van der Waals surface area contributed by atoms with Crippen molar-refractivity contribution in [3.05, 3.63) is 33.0 Å². The zero-order valence-electron chi connectivity index (χ0n) is 10.3. The Morgan fingerprint density at radius 2 is 2.06 bits per heavy atom. The van der Waals surface area contributed by atoms with Crippen LogP contribution < -0.4 is 11.3 Å². The molecule has 3 N–H and O–H groups in total. The van der Waals surface area contributed by atoms with Gasteiger partial charge in [0.1, 0.15) is 5.82 Å². The monoisotopic (exact) mass is 334 g/mol. The lowest BCUT2D eigenvalue weighted by molar-refractivity contribution is 0.220. The molecule has 0 heterocycles. The Morgan fingerprint density at radius 3 is 2.61 bits per heavy atom. The van der Waals surface area contributed by atoms with Gasteiger partial charge in [-0.1, -0.05) is 37.4 Å². The van der Waals surface area contributed by atoms with E-state index in [9.17, 15) is 4.39 Å². The van der Waals surface area contributed by atoms with Crippen molar-refractivity contribution in [1.82, 2.24) is 5.43 Å². The molecule has 1 aliphatic rings. The Hall–Kier alpha value is -0.160. The van der Waals surface area contributed by atoms with Crippen molar-refractivity contribution in [2.45, 2.75) is 38.6 Å². The zero-order valence-corrected chi connectivity index (χ0v) is 12.6. The molecular formula is C13H17BrClFN2. The first-order chi connectivity index (χ1) is 8.49. The molecule has 0 bridgehead atoms. The summed E-state index contributed by atoms with van der Waals surface area (Å²) >= 11 is 9.17. The molecule has 1 aromatic rings. The van der Waals surface area contributed by atoms with E-state index in [0.29, 0.717) is 10.0 Å². The Kier molecular flexibility index (Phi) is 4.32. The van der Waals surface area contributed by atoms with Crippen molar-refractivity contribution in [2.75, 3.05) is 0 Å². The van der Waals surface area contributed by atoms with E-state index >= 15 is 0 Å². The number of halogens is 3. The normalized spacial score (nSPS) is 20.1. The van der Waals surface area contributed by atoms with E-state index in [-0.39, 0.29) is 22.3 Å². The first-order valence-electron chi connectivity index (χ1n) is 6.09. The van der Waals surface area contributed by atoms with Gasteiger partial charge in [0.15, 0.2) is 0 Å². The van der Waals surface area contributed by atoms with E-state index in [1.54, 1.807) is 12.1 Å². The summed E-state index contributed by atoms with van der Waals surface area (Å²) in [5.41, 5.74) is 3.32. The van der Waals surface area contributed by atoms with Gasteiger partial charge in [-0.15, -0.1) is 0 Å². The molecule has 0 aliphatic heterocycles. The summed E-state index contributed by atoms with van der Waals surface area (Å²) in [6.45, 7) is 2.15. The summed E-state index contributed by atoms with van der Waals surface area (Å²) in [6.07, 6.45) is 4.44. The molecular weight excluding hydrogens is 319 g/mol. The van der Waals surface area contributed by atoms with Crippen LogP contribution in [0.25, 0.3) is 0 Å². The molecule has 0 saturated heterocycles. The van der Waals surface area contributed by atoms with E-state index in [1.807, 2.05) is 0 Å². The van der Waals surface area contributed by atoms with Gasteiger partial charge in [0.05, 0.1) is 11.1 Å². The Morgan fingerprint density at radius 1 is 1.44 bits per heavy atom. The highest BCUT2D eigenvalue weighted by Crippen LogP contribution is 2.48. The standard InChI is InChI=1S/C13H17BrClFN2/c1-13(6-2-3-7-13)12(18-17)8-4-5-9(14)10(15)11(8)16/h4-5,12,18H,2-3,6-7,17H2,1H3. The molecule has 2 nitrogen and oxygen atoms in total. The van der Waals surface area contributed by atoms with Gasteiger partial charge in [0.25, 0.3) is 0 Å². The van der Waals surface area contributed by atoms with Crippen molar-refractivity contribution in [3.63, 3.8) is 0 Å². The highest BCUT2D eigenvalue weighted by molar-refractivity contribution is 9.10. The molecule has 0 radical (unpaired) electrons. The van der Waals surface area contributed by atoms with Crippen LogP contribution >= 0.6 is 27.5 Å². The van der Waals surface area contributed by atoms with E-state index in [0.717, 1.165) is 12.8 Å². The van der Waals surface area contributed by atoms with Crippen molar-refractivity contribution in [1.29, 1.82) is 0 Å². The maximum Gasteiger partial charge on any atom is 0.147 e. The molecule has 1 aromatic carbocycles. The van der Waals surface area contributed by atoms with Crippen LogP contribution in [0.1, 0.15) is 44.2 Å². The Balaban J connectivity index is 2.42. The average Bonchev–Trinajstić information content (AvgIpc) is 2.78. The molecule has 2 rings (SSSR count). The number of benzene rings is 1. The van der Waals surface area contributed by atoms with E-state index in [2.05, 4.69) is 28.3 Å². The number of nitrogens with one attached hydrogen (secondary N) is 1. The number of hydrogen-bond acceptors (Lipinski definition) is 2. The van der Waals surface area contributed by atoms with Gasteiger partial charge in [-0.3, -0.25) is 11.3 Å². The van der Waals surface area contributed by atoms with Gasteiger partial charge in [-0.05, 0) is 40.3 Å². The predicted molar refractivity (Wildman–Crippen MR) is 75.7 cm³/mol. The van der Waals surface area contributed by atoms with E-state index in [1.165, 1.54) is 12.8 Å². The molecule has 1 unspecified atom stereocenters. The highest BCUT2D eigenvalue weighted by atomic mass is 79.9. The molecule has 0 amide bonds. The lowest BCUT2D eigenvalue weighted by Gasteiger charge is -2.34. The summed E-state index contributed by atoms with van der Waals surface area (Å²) in [5.74, 6) is 5.27. The maximum atomic E-state index is 14.3. The predicted octanol–water partition coefficient (Wildman–Crippen LogP) is 4.33. The second-order valence-corrected chi connectivity index (χ2v) is 6.46. The second-order valence-electron chi connectivity index (χ2n) is 5.23. The number of hydrogen-bond donors (Lipinski definition) is 2. The Labute approximate surface area is 120 Å². The SMILES string of the molecule is CC1(C(NN)c2ccc(Br)c(Cl)c2F)CCCC1. The maximum absolute atomic E-state index is 14.3. The Bertz CT molecular complexity index is 447. The zero-order chi connectivity index (χ0) is 13.3. The van der Waals surface area contributed by atoms with Crippen LogP contribution in [-0.2, 0) is 0 Å². The van der Waals surface area contributed by atoms with E-state index in [4.69, 9.17) is 17.4 Å². The highest BCUT2D eigenvalue weighted by Gasteiger charge is 2.38. The van der Waals surface area contributed by atoms with Gasteiger partial charge in [-0.2, -0.15) is 0 Å². The van der Waals surface area contributed by atoms with Crippen molar-refractivity contribution >= 4 is 27.5 Å².